The zero-order valence-electron chi connectivity index (χ0n) is 14.3. The maximum atomic E-state index is 13.4. The van der Waals surface area contributed by atoms with Crippen LogP contribution in [-0.4, -0.2) is 45.2 Å². The number of piperidine rings is 1. The zero-order chi connectivity index (χ0) is 17.3. The van der Waals surface area contributed by atoms with Crippen LogP contribution in [-0.2, 0) is 11.3 Å². The minimum absolute atomic E-state index is 0.0580. The van der Waals surface area contributed by atoms with Gasteiger partial charge < -0.3 is 14.8 Å². The number of rotatable bonds is 3. The van der Waals surface area contributed by atoms with Gasteiger partial charge >= 0.3 is 0 Å². The van der Waals surface area contributed by atoms with Crippen molar-refractivity contribution in [3.63, 3.8) is 0 Å². The summed E-state index contributed by atoms with van der Waals surface area (Å²) in [7, 11) is 0. The van der Waals surface area contributed by atoms with Gasteiger partial charge in [0.1, 0.15) is 11.2 Å². The first-order chi connectivity index (χ1) is 12.2. The topological polar surface area (TPSA) is 56.4 Å². The molecule has 2 aliphatic rings. The summed E-state index contributed by atoms with van der Waals surface area (Å²) in [5, 5.41) is 0. The van der Waals surface area contributed by atoms with Crippen LogP contribution in [0.3, 0.4) is 0 Å². The van der Waals surface area contributed by atoms with Crippen molar-refractivity contribution in [1.29, 1.82) is 0 Å². The third kappa shape index (κ3) is 2.73. The van der Waals surface area contributed by atoms with E-state index in [1.807, 2.05) is 46.2 Å². The third-order valence-electron chi connectivity index (χ3n) is 5.48. The Hall–Kier alpha value is -2.56. The van der Waals surface area contributed by atoms with Crippen LogP contribution in [0.15, 0.2) is 48.7 Å². The number of aromatic nitrogens is 1. The van der Waals surface area contributed by atoms with Gasteiger partial charge in [-0.05, 0) is 43.4 Å². The van der Waals surface area contributed by atoms with Crippen molar-refractivity contribution >= 4 is 11.8 Å². The summed E-state index contributed by atoms with van der Waals surface area (Å²) >= 11 is 0. The lowest BCUT2D eigenvalue weighted by Gasteiger charge is -2.44. The molecular formula is C20H23N3O2. The third-order valence-corrected chi connectivity index (χ3v) is 5.48. The average molecular weight is 337 g/mol. The largest absolute Gasteiger partial charge is 0.357 e. The highest BCUT2D eigenvalue weighted by Crippen LogP contribution is 2.39. The quantitative estimate of drug-likeness (QED) is 0.936. The van der Waals surface area contributed by atoms with Crippen LogP contribution in [0, 0.1) is 0 Å². The first kappa shape index (κ1) is 15.9. The highest BCUT2D eigenvalue weighted by Gasteiger charge is 2.52. The molecule has 3 heterocycles. The van der Waals surface area contributed by atoms with Gasteiger partial charge in [0.05, 0.1) is 0 Å². The summed E-state index contributed by atoms with van der Waals surface area (Å²) < 4.78 is 0. The number of likely N-dealkylation sites (tertiary alicyclic amines) is 2. The fraction of sp³-hybridized carbons (Fsp3) is 0.400. The van der Waals surface area contributed by atoms with Gasteiger partial charge in [-0.1, -0.05) is 30.3 Å². The molecule has 2 amide bonds. The highest BCUT2D eigenvalue weighted by atomic mass is 16.2. The SMILES string of the molecule is O=C(c1ccc[nH]1)N1CCCC12CCCN(Cc1ccccc1)C2=O. The molecular weight excluding hydrogens is 314 g/mol. The summed E-state index contributed by atoms with van der Waals surface area (Å²) in [6.45, 7) is 2.04. The predicted octanol–water partition coefficient (Wildman–Crippen LogP) is 2.81. The van der Waals surface area contributed by atoms with E-state index in [4.69, 9.17) is 0 Å². The first-order valence-electron chi connectivity index (χ1n) is 8.99. The predicted molar refractivity (Wildman–Crippen MR) is 94.9 cm³/mol. The second kappa shape index (κ2) is 6.39. The molecule has 1 N–H and O–H groups in total. The number of nitrogens with one attached hydrogen (secondary N) is 1. The summed E-state index contributed by atoms with van der Waals surface area (Å²) in [4.78, 5) is 33.0. The maximum absolute atomic E-state index is 13.4. The highest BCUT2D eigenvalue weighted by molar-refractivity contribution is 5.99. The van der Waals surface area contributed by atoms with Crippen LogP contribution in [0.4, 0.5) is 0 Å². The van der Waals surface area contributed by atoms with Crippen molar-refractivity contribution in [2.45, 2.75) is 37.8 Å². The molecule has 1 aromatic carbocycles. The Morgan fingerprint density at radius 2 is 1.80 bits per heavy atom. The number of benzene rings is 1. The van der Waals surface area contributed by atoms with E-state index in [1.165, 1.54) is 0 Å². The molecule has 2 aliphatic heterocycles. The summed E-state index contributed by atoms with van der Waals surface area (Å²) in [5.41, 5.74) is 1.04. The second-order valence-electron chi connectivity index (χ2n) is 6.99. The molecule has 130 valence electrons. The van der Waals surface area contributed by atoms with E-state index in [2.05, 4.69) is 4.98 Å². The fourth-order valence-corrected chi connectivity index (χ4v) is 4.29. The molecule has 2 saturated heterocycles. The molecule has 4 rings (SSSR count). The standard InChI is InChI=1S/C20H23N3O2/c24-18(17-9-4-12-21-17)23-14-6-11-20(23)10-5-13-22(19(20)25)15-16-7-2-1-3-8-16/h1-4,7-9,12,21H,5-6,10-11,13-15H2. The van der Waals surface area contributed by atoms with Crippen molar-refractivity contribution in [3.05, 3.63) is 59.9 Å². The monoisotopic (exact) mass is 337 g/mol. The van der Waals surface area contributed by atoms with E-state index in [-0.39, 0.29) is 11.8 Å². The molecule has 0 saturated carbocycles. The van der Waals surface area contributed by atoms with Gasteiger partial charge in [-0.25, -0.2) is 0 Å². The molecule has 2 fully saturated rings. The van der Waals surface area contributed by atoms with E-state index in [0.717, 1.165) is 37.8 Å². The van der Waals surface area contributed by atoms with Gasteiger partial charge in [0.15, 0.2) is 0 Å². The number of amides is 2. The summed E-state index contributed by atoms with van der Waals surface area (Å²) in [5.74, 6) is 0.0532. The Morgan fingerprint density at radius 3 is 2.52 bits per heavy atom. The minimum atomic E-state index is -0.658. The normalized spacial score (nSPS) is 23.4. The van der Waals surface area contributed by atoms with Crippen molar-refractivity contribution in [1.82, 2.24) is 14.8 Å². The average Bonchev–Trinajstić information content (AvgIpc) is 3.30. The Morgan fingerprint density at radius 1 is 1.04 bits per heavy atom. The van der Waals surface area contributed by atoms with Crippen molar-refractivity contribution in [2.24, 2.45) is 0 Å². The van der Waals surface area contributed by atoms with Crippen LogP contribution in [0.2, 0.25) is 0 Å². The second-order valence-corrected chi connectivity index (χ2v) is 6.99. The van der Waals surface area contributed by atoms with E-state index < -0.39 is 5.54 Å². The lowest BCUT2D eigenvalue weighted by atomic mass is 9.85. The fourth-order valence-electron chi connectivity index (χ4n) is 4.29. The molecule has 1 spiro atoms. The molecule has 5 heteroatoms. The minimum Gasteiger partial charge on any atom is -0.357 e. The molecule has 1 atom stereocenters. The molecule has 1 unspecified atom stereocenters. The molecule has 5 nitrogen and oxygen atoms in total. The van der Waals surface area contributed by atoms with Crippen LogP contribution in [0.5, 0.6) is 0 Å². The molecule has 0 radical (unpaired) electrons. The number of hydrogen-bond donors (Lipinski definition) is 1. The Kier molecular flexibility index (Phi) is 4.07. The van der Waals surface area contributed by atoms with Gasteiger partial charge in [-0.3, -0.25) is 9.59 Å². The van der Waals surface area contributed by atoms with Crippen LogP contribution in [0.25, 0.3) is 0 Å². The number of aromatic amines is 1. The lowest BCUT2D eigenvalue weighted by molar-refractivity contribution is -0.146. The van der Waals surface area contributed by atoms with Crippen LogP contribution < -0.4 is 0 Å². The van der Waals surface area contributed by atoms with Crippen LogP contribution >= 0.6 is 0 Å². The Balaban J connectivity index is 1.59. The molecule has 0 bridgehead atoms. The van der Waals surface area contributed by atoms with Gasteiger partial charge in [0.25, 0.3) is 5.91 Å². The van der Waals surface area contributed by atoms with E-state index in [9.17, 15) is 9.59 Å². The van der Waals surface area contributed by atoms with Crippen molar-refractivity contribution in [2.75, 3.05) is 13.1 Å². The molecule has 2 aromatic rings. The summed E-state index contributed by atoms with van der Waals surface area (Å²) in [6.07, 6.45) is 5.11. The van der Waals surface area contributed by atoms with E-state index >= 15 is 0 Å². The lowest BCUT2D eigenvalue weighted by Crippen LogP contribution is -2.61. The van der Waals surface area contributed by atoms with Crippen molar-refractivity contribution in [3.8, 4) is 0 Å². The number of hydrogen-bond acceptors (Lipinski definition) is 2. The smallest absolute Gasteiger partial charge is 0.271 e. The number of nitrogens with zero attached hydrogens (tertiary/aromatic N) is 2. The van der Waals surface area contributed by atoms with Gasteiger partial charge in [0, 0.05) is 25.8 Å². The van der Waals surface area contributed by atoms with Crippen LogP contribution in [0.1, 0.15) is 41.7 Å². The molecule has 0 aliphatic carbocycles. The maximum Gasteiger partial charge on any atom is 0.271 e. The number of carbonyl (C=O) groups is 2. The van der Waals surface area contributed by atoms with Crippen molar-refractivity contribution < 1.29 is 9.59 Å². The summed E-state index contributed by atoms with van der Waals surface area (Å²) in [6, 6.07) is 13.7. The van der Waals surface area contributed by atoms with Gasteiger partial charge in [0.2, 0.25) is 5.91 Å². The molecule has 1 aromatic heterocycles. The molecule has 25 heavy (non-hydrogen) atoms. The Labute approximate surface area is 147 Å². The van der Waals surface area contributed by atoms with E-state index in [0.29, 0.717) is 18.8 Å². The number of carbonyl (C=O) groups excluding carboxylic acids is 2. The first-order valence-corrected chi connectivity index (χ1v) is 8.99. The Bertz CT molecular complexity index is 757. The van der Waals surface area contributed by atoms with Gasteiger partial charge in [-0.15, -0.1) is 0 Å². The number of H-pyrrole nitrogens is 1. The van der Waals surface area contributed by atoms with Gasteiger partial charge in [-0.2, -0.15) is 0 Å². The zero-order valence-corrected chi connectivity index (χ0v) is 14.3. The van der Waals surface area contributed by atoms with E-state index in [1.54, 1.807) is 12.3 Å².